The zero-order valence-corrected chi connectivity index (χ0v) is 8.54. The van der Waals surface area contributed by atoms with Crippen molar-refractivity contribution in [3.05, 3.63) is 33.2 Å². The number of hydrogen-bond donors (Lipinski definition) is 2. The second kappa shape index (κ2) is 3.53. The summed E-state index contributed by atoms with van der Waals surface area (Å²) in [5.74, 6) is -0.596. The van der Waals surface area contributed by atoms with Gasteiger partial charge in [0.05, 0.1) is 0 Å². The number of aromatic nitrogens is 1. The van der Waals surface area contributed by atoms with Gasteiger partial charge in [-0.2, -0.15) is 0 Å². The Labute approximate surface area is 87.0 Å². The Bertz CT molecular complexity index is 461. The van der Waals surface area contributed by atoms with Crippen LogP contribution in [0.5, 0.6) is 0 Å². The highest BCUT2D eigenvalue weighted by Crippen LogP contribution is 2.22. The number of fused-ring (bicyclic) bond motifs is 1. The first-order valence-electron chi connectivity index (χ1n) is 5.06. The van der Waals surface area contributed by atoms with Gasteiger partial charge in [-0.3, -0.25) is 4.79 Å². The van der Waals surface area contributed by atoms with Crippen LogP contribution in [0, 0.1) is 5.92 Å². The van der Waals surface area contributed by atoms with E-state index in [0.717, 1.165) is 30.5 Å². The molecule has 1 aliphatic rings. The molecule has 1 aromatic heterocycles. The van der Waals surface area contributed by atoms with E-state index in [1.54, 1.807) is 0 Å². The summed E-state index contributed by atoms with van der Waals surface area (Å²) in [5.41, 5.74) is 1.24. The molecule has 0 amide bonds. The third-order valence-electron chi connectivity index (χ3n) is 2.90. The molecule has 1 atom stereocenters. The fraction of sp³-hybridized carbons (Fsp3) is 0.455. The summed E-state index contributed by atoms with van der Waals surface area (Å²) in [4.78, 5) is 24.8. The molecule has 1 aliphatic carbocycles. The van der Waals surface area contributed by atoms with Gasteiger partial charge < -0.3 is 10.1 Å². The van der Waals surface area contributed by atoms with Crippen LogP contribution in [-0.4, -0.2) is 16.1 Å². The summed E-state index contributed by atoms with van der Waals surface area (Å²) in [6.07, 6.45) is 2.75. The van der Waals surface area contributed by atoms with Crippen LogP contribution >= 0.6 is 0 Å². The second-order valence-corrected chi connectivity index (χ2v) is 4.17. The van der Waals surface area contributed by atoms with Gasteiger partial charge in [-0.25, -0.2) is 4.79 Å². The van der Waals surface area contributed by atoms with Crippen molar-refractivity contribution >= 4 is 5.97 Å². The molecule has 0 saturated carbocycles. The molecular weight excluding hydrogens is 194 g/mol. The molecule has 0 saturated heterocycles. The van der Waals surface area contributed by atoms with Gasteiger partial charge >= 0.3 is 5.97 Å². The lowest BCUT2D eigenvalue weighted by atomic mass is 9.88. The summed E-state index contributed by atoms with van der Waals surface area (Å²) in [7, 11) is 0. The SMILES string of the molecule is CC1CCc2cc(C(=O)O)c(=O)[nH]c2C1. The molecule has 0 bridgehead atoms. The highest BCUT2D eigenvalue weighted by molar-refractivity contribution is 5.87. The minimum Gasteiger partial charge on any atom is -0.477 e. The van der Waals surface area contributed by atoms with Gasteiger partial charge in [-0.1, -0.05) is 6.92 Å². The average Bonchev–Trinajstić information content (AvgIpc) is 2.15. The number of carboxylic acid groups (broad SMARTS) is 1. The Morgan fingerprint density at radius 3 is 3.00 bits per heavy atom. The normalized spacial score (nSPS) is 19.7. The summed E-state index contributed by atoms with van der Waals surface area (Å²) < 4.78 is 0. The summed E-state index contributed by atoms with van der Waals surface area (Å²) in [6, 6.07) is 1.52. The number of rotatable bonds is 1. The van der Waals surface area contributed by atoms with E-state index in [4.69, 9.17) is 5.11 Å². The van der Waals surface area contributed by atoms with Gasteiger partial charge in [0.1, 0.15) is 5.56 Å². The molecule has 4 heteroatoms. The molecule has 0 fully saturated rings. The molecule has 15 heavy (non-hydrogen) atoms. The zero-order chi connectivity index (χ0) is 11.0. The van der Waals surface area contributed by atoms with Crippen molar-refractivity contribution < 1.29 is 9.90 Å². The zero-order valence-electron chi connectivity index (χ0n) is 8.54. The van der Waals surface area contributed by atoms with Gasteiger partial charge in [0.2, 0.25) is 0 Å². The molecule has 2 N–H and O–H groups in total. The highest BCUT2D eigenvalue weighted by atomic mass is 16.4. The maximum absolute atomic E-state index is 11.4. The number of H-pyrrole nitrogens is 1. The van der Waals surface area contributed by atoms with Crippen molar-refractivity contribution in [1.29, 1.82) is 0 Å². The Kier molecular flexibility index (Phi) is 2.34. The Morgan fingerprint density at radius 2 is 2.33 bits per heavy atom. The van der Waals surface area contributed by atoms with E-state index in [-0.39, 0.29) is 5.56 Å². The molecule has 0 aliphatic heterocycles. The van der Waals surface area contributed by atoms with E-state index in [9.17, 15) is 9.59 Å². The van der Waals surface area contributed by atoms with Gasteiger partial charge in [-0.15, -0.1) is 0 Å². The Balaban J connectivity index is 2.51. The minimum absolute atomic E-state index is 0.150. The number of aromatic amines is 1. The fourth-order valence-corrected chi connectivity index (χ4v) is 2.03. The number of nitrogens with one attached hydrogen (secondary N) is 1. The predicted octanol–water partition coefficient (Wildman–Crippen LogP) is 1.20. The lowest BCUT2D eigenvalue weighted by molar-refractivity contribution is 0.0694. The van der Waals surface area contributed by atoms with Crippen LogP contribution in [0.3, 0.4) is 0 Å². The maximum atomic E-state index is 11.4. The molecule has 1 unspecified atom stereocenters. The van der Waals surface area contributed by atoms with Crippen molar-refractivity contribution in [1.82, 2.24) is 4.98 Å². The van der Waals surface area contributed by atoms with Gasteiger partial charge in [0, 0.05) is 5.69 Å². The summed E-state index contributed by atoms with van der Waals surface area (Å²) in [6.45, 7) is 2.13. The molecule has 1 aromatic rings. The van der Waals surface area contributed by atoms with E-state index in [1.807, 2.05) is 0 Å². The van der Waals surface area contributed by atoms with Crippen LogP contribution in [0.4, 0.5) is 0 Å². The predicted molar refractivity (Wildman–Crippen MR) is 55.2 cm³/mol. The van der Waals surface area contributed by atoms with Crippen molar-refractivity contribution in [2.75, 3.05) is 0 Å². The van der Waals surface area contributed by atoms with E-state index in [2.05, 4.69) is 11.9 Å². The molecule has 2 rings (SSSR count). The average molecular weight is 207 g/mol. The van der Waals surface area contributed by atoms with E-state index >= 15 is 0 Å². The van der Waals surface area contributed by atoms with Crippen molar-refractivity contribution in [2.45, 2.75) is 26.2 Å². The summed E-state index contributed by atoms with van der Waals surface area (Å²) >= 11 is 0. The monoisotopic (exact) mass is 207 g/mol. The van der Waals surface area contributed by atoms with Crippen LogP contribution in [-0.2, 0) is 12.8 Å². The van der Waals surface area contributed by atoms with Crippen LogP contribution in [0.25, 0.3) is 0 Å². The largest absolute Gasteiger partial charge is 0.477 e. The van der Waals surface area contributed by atoms with Crippen LogP contribution in [0.15, 0.2) is 10.9 Å². The van der Waals surface area contributed by atoms with Crippen LogP contribution in [0.1, 0.15) is 35.0 Å². The topological polar surface area (TPSA) is 70.2 Å². The number of aromatic carboxylic acids is 1. The number of hydrogen-bond acceptors (Lipinski definition) is 2. The summed E-state index contributed by atoms with van der Waals surface area (Å²) in [5, 5.41) is 8.80. The number of carbonyl (C=O) groups is 1. The molecule has 4 nitrogen and oxygen atoms in total. The standard InChI is InChI=1S/C11H13NO3/c1-6-2-3-7-5-8(11(14)15)10(13)12-9(7)4-6/h5-6H,2-4H2,1H3,(H,12,13)(H,14,15). The molecule has 0 radical (unpaired) electrons. The van der Waals surface area contributed by atoms with E-state index in [0.29, 0.717) is 5.92 Å². The second-order valence-electron chi connectivity index (χ2n) is 4.17. The van der Waals surface area contributed by atoms with Crippen LogP contribution < -0.4 is 5.56 Å². The van der Waals surface area contributed by atoms with Gasteiger partial charge in [0.15, 0.2) is 0 Å². The molecule has 80 valence electrons. The molecule has 0 aromatic carbocycles. The first kappa shape index (κ1) is 9.96. The first-order chi connectivity index (χ1) is 7.08. The minimum atomic E-state index is -1.15. The Morgan fingerprint density at radius 1 is 1.60 bits per heavy atom. The van der Waals surface area contributed by atoms with Crippen LogP contribution in [0.2, 0.25) is 0 Å². The quantitative estimate of drug-likeness (QED) is 0.726. The van der Waals surface area contributed by atoms with Crippen molar-refractivity contribution in [3.8, 4) is 0 Å². The molecule has 0 spiro atoms. The van der Waals surface area contributed by atoms with Gasteiger partial charge in [0.25, 0.3) is 5.56 Å². The maximum Gasteiger partial charge on any atom is 0.341 e. The number of carboxylic acids is 1. The number of pyridine rings is 1. The first-order valence-corrected chi connectivity index (χ1v) is 5.06. The van der Waals surface area contributed by atoms with Gasteiger partial charge in [-0.05, 0) is 36.8 Å². The lowest BCUT2D eigenvalue weighted by Gasteiger charge is -2.20. The third kappa shape index (κ3) is 1.79. The number of aryl methyl sites for hydroxylation is 1. The lowest BCUT2D eigenvalue weighted by Crippen LogP contribution is -2.24. The van der Waals surface area contributed by atoms with E-state index < -0.39 is 11.5 Å². The highest BCUT2D eigenvalue weighted by Gasteiger charge is 2.19. The molecule has 1 heterocycles. The van der Waals surface area contributed by atoms with E-state index in [1.165, 1.54) is 6.07 Å². The smallest absolute Gasteiger partial charge is 0.341 e. The van der Waals surface area contributed by atoms with Crippen molar-refractivity contribution in [3.63, 3.8) is 0 Å². The molecular formula is C11H13NO3. The van der Waals surface area contributed by atoms with Crippen molar-refractivity contribution in [2.24, 2.45) is 5.92 Å². The third-order valence-corrected chi connectivity index (χ3v) is 2.90. The fourth-order valence-electron chi connectivity index (χ4n) is 2.03. The Hall–Kier alpha value is -1.58.